The van der Waals surface area contributed by atoms with Crippen LogP contribution in [0, 0.1) is 6.92 Å². The van der Waals surface area contributed by atoms with Gasteiger partial charge in [-0.2, -0.15) is 0 Å². The maximum Gasteiger partial charge on any atom is 0.231 e. The van der Waals surface area contributed by atoms with Crippen molar-refractivity contribution in [1.29, 1.82) is 0 Å². The van der Waals surface area contributed by atoms with Crippen LogP contribution in [0.4, 0.5) is 0 Å². The van der Waals surface area contributed by atoms with E-state index in [0.29, 0.717) is 0 Å². The van der Waals surface area contributed by atoms with E-state index in [1.54, 1.807) is 14.2 Å². The lowest BCUT2D eigenvalue weighted by molar-refractivity contribution is -0.119. The van der Waals surface area contributed by atoms with Crippen LogP contribution in [-0.2, 0) is 11.3 Å². The smallest absolute Gasteiger partial charge is 0.231 e. The highest BCUT2D eigenvalue weighted by Crippen LogP contribution is 2.26. The standard InChI is InChI=1S/C22H26N4O3S/c1-5-26-15(2)24-25-22(26)30-14-20(27)23-21(16-6-10-18(28-3)11-7-16)17-8-12-19(29-4)13-9-17/h6-13,21H,5,14H2,1-4H3,(H,23,27). The number of amides is 1. The van der Waals surface area contributed by atoms with Crippen LogP contribution >= 0.6 is 11.8 Å². The SMILES string of the molecule is CCn1c(C)nnc1SCC(=O)NC(c1ccc(OC)cc1)c1ccc(OC)cc1. The number of hydrogen-bond acceptors (Lipinski definition) is 6. The molecule has 1 heterocycles. The number of hydrogen-bond donors (Lipinski definition) is 1. The third kappa shape index (κ3) is 5.13. The highest BCUT2D eigenvalue weighted by Gasteiger charge is 2.18. The minimum atomic E-state index is -0.291. The maximum absolute atomic E-state index is 12.8. The molecule has 0 aliphatic heterocycles. The number of methoxy groups -OCH3 is 2. The van der Waals surface area contributed by atoms with Gasteiger partial charge in [-0.1, -0.05) is 36.0 Å². The summed E-state index contributed by atoms with van der Waals surface area (Å²) in [4.78, 5) is 12.8. The Labute approximate surface area is 180 Å². The summed E-state index contributed by atoms with van der Waals surface area (Å²) in [5, 5.41) is 12.1. The minimum Gasteiger partial charge on any atom is -0.497 e. The molecule has 1 amide bonds. The van der Waals surface area contributed by atoms with Crippen molar-refractivity contribution in [1.82, 2.24) is 20.1 Å². The largest absolute Gasteiger partial charge is 0.497 e. The molecule has 2 aromatic carbocycles. The van der Waals surface area contributed by atoms with Gasteiger partial charge in [0.15, 0.2) is 5.16 Å². The number of nitrogens with zero attached hydrogens (tertiary/aromatic N) is 3. The molecule has 30 heavy (non-hydrogen) atoms. The lowest BCUT2D eigenvalue weighted by atomic mass is 9.98. The highest BCUT2D eigenvalue weighted by atomic mass is 32.2. The summed E-state index contributed by atoms with van der Waals surface area (Å²) >= 11 is 1.38. The zero-order valence-corrected chi connectivity index (χ0v) is 18.4. The molecule has 3 aromatic rings. The fraction of sp³-hybridized carbons (Fsp3) is 0.318. The summed E-state index contributed by atoms with van der Waals surface area (Å²) < 4.78 is 12.5. The third-order valence-electron chi connectivity index (χ3n) is 4.75. The number of benzene rings is 2. The number of aryl methyl sites for hydroxylation is 1. The number of carbonyl (C=O) groups excluding carboxylic acids is 1. The van der Waals surface area contributed by atoms with Gasteiger partial charge in [0.1, 0.15) is 17.3 Å². The van der Waals surface area contributed by atoms with Crippen LogP contribution in [0.2, 0.25) is 0 Å². The van der Waals surface area contributed by atoms with Crippen molar-refractivity contribution in [2.45, 2.75) is 31.6 Å². The summed E-state index contributed by atoms with van der Waals surface area (Å²) in [7, 11) is 3.26. The first kappa shape index (κ1) is 21.7. The van der Waals surface area contributed by atoms with E-state index in [2.05, 4.69) is 15.5 Å². The van der Waals surface area contributed by atoms with Gasteiger partial charge in [-0.15, -0.1) is 10.2 Å². The summed E-state index contributed by atoms with van der Waals surface area (Å²) in [6.45, 7) is 4.71. The van der Waals surface area contributed by atoms with Crippen LogP contribution in [0.25, 0.3) is 0 Å². The van der Waals surface area contributed by atoms with Crippen LogP contribution in [-0.4, -0.2) is 40.6 Å². The van der Waals surface area contributed by atoms with Crippen LogP contribution in [0.15, 0.2) is 53.7 Å². The quantitative estimate of drug-likeness (QED) is 0.527. The van der Waals surface area contributed by atoms with Crippen LogP contribution in [0.3, 0.4) is 0 Å². The second-order valence-electron chi connectivity index (χ2n) is 6.61. The van der Waals surface area contributed by atoms with Gasteiger partial charge in [0.05, 0.1) is 26.0 Å². The van der Waals surface area contributed by atoms with E-state index >= 15 is 0 Å². The van der Waals surface area contributed by atoms with Gasteiger partial charge in [-0.25, -0.2) is 0 Å². The molecule has 0 bridgehead atoms. The minimum absolute atomic E-state index is 0.0834. The molecule has 1 N–H and O–H groups in total. The summed E-state index contributed by atoms with van der Waals surface area (Å²) in [6, 6.07) is 15.1. The van der Waals surface area contributed by atoms with Crippen molar-refractivity contribution in [3.8, 4) is 11.5 Å². The molecule has 3 rings (SSSR count). The molecule has 0 aliphatic carbocycles. The lowest BCUT2D eigenvalue weighted by Crippen LogP contribution is -2.30. The zero-order chi connectivity index (χ0) is 21.5. The molecule has 158 valence electrons. The van der Waals surface area contributed by atoms with Crippen molar-refractivity contribution < 1.29 is 14.3 Å². The third-order valence-corrected chi connectivity index (χ3v) is 5.72. The van der Waals surface area contributed by atoms with E-state index in [1.165, 1.54) is 11.8 Å². The van der Waals surface area contributed by atoms with E-state index in [0.717, 1.165) is 40.2 Å². The Bertz CT molecular complexity index is 924. The predicted molar refractivity (Wildman–Crippen MR) is 117 cm³/mol. The molecule has 7 nitrogen and oxygen atoms in total. The zero-order valence-electron chi connectivity index (χ0n) is 17.6. The van der Waals surface area contributed by atoms with Crippen molar-refractivity contribution in [2.24, 2.45) is 0 Å². The van der Waals surface area contributed by atoms with E-state index in [1.807, 2.05) is 66.9 Å². The number of thioether (sulfide) groups is 1. The molecule has 0 unspecified atom stereocenters. The van der Waals surface area contributed by atoms with Crippen LogP contribution in [0.5, 0.6) is 11.5 Å². The van der Waals surface area contributed by atoms with Gasteiger partial charge in [0, 0.05) is 6.54 Å². The molecule has 0 radical (unpaired) electrons. The molecule has 0 fully saturated rings. The van der Waals surface area contributed by atoms with Gasteiger partial charge in [0.25, 0.3) is 0 Å². The topological polar surface area (TPSA) is 78.3 Å². The molecular formula is C22H26N4O3S. The molecule has 0 saturated carbocycles. The Morgan fingerprint density at radius 2 is 1.53 bits per heavy atom. The van der Waals surface area contributed by atoms with Crippen molar-refractivity contribution in [2.75, 3.05) is 20.0 Å². The highest BCUT2D eigenvalue weighted by molar-refractivity contribution is 7.99. The van der Waals surface area contributed by atoms with E-state index in [-0.39, 0.29) is 17.7 Å². The van der Waals surface area contributed by atoms with E-state index in [9.17, 15) is 4.79 Å². The van der Waals surface area contributed by atoms with Crippen molar-refractivity contribution in [3.63, 3.8) is 0 Å². The molecule has 1 aromatic heterocycles. The van der Waals surface area contributed by atoms with Gasteiger partial charge >= 0.3 is 0 Å². The second kappa shape index (κ2) is 10.2. The number of carbonyl (C=O) groups is 1. The number of ether oxygens (including phenoxy) is 2. The number of aromatic nitrogens is 3. The summed E-state index contributed by atoms with van der Waals surface area (Å²) in [5.41, 5.74) is 1.93. The Kier molecular flexibility index (Phi) is 7.35. The Morgan fingerprint density at radius 1 is 1.00 bits per heavy atom. The van der Waals surface area contributed by atoms with Gasteiger partial charge in [-0.3, -0.25) is 4.79 Å². The summed E-state index contributed by atoms with van der Waals surface area (Å²) in [5.74, 6) is 2.54. The first-order chi connectivity index (χ1) is 14.5. The fourth-order valence-electron chi connectivity index (χ4n) is 3.12. The van der Waals surface area contributed by atoms with Crippen LogP contribution in [0.1, 0.15) is 29.9 Å². The molecule has 0 spiro atoms. The first-order valence-corrected chi connectivity index (χ1v) is 10.6. The van der Waals surface area contributed by atoms with Crippen molar-refractivity contribution in [3.05, 3.63) is 65.5 Å². The second-order valence-corrected chi connectivity index (χ2v) is 7.55. The van der Waals surface area contributed by atoms with E-state index in [4.69, 9.17) is 9.47 Å². The Hall–Kier alpha value is -3.00. The lowest BCUT2D eigenvalue weighted by Gasteiger charge is -2.20. The average molecular weight is 427 g/mol. The van der Waals surface area contributed by atoms with Crippen molar-refractivity contribution >= 4 is 17.7 Å². The molecule has 0 atom stereocenters. The van der Waals surface area contributed by atoms with Gasteiger partial charge < -0.3 is 19.4 Å². The molecule has 8 heteroatoms. The normalized spacial score (nSPS) is 10.8. The first-order valence-electron chi connectivity index (χ1n) is 9.65. The van der Waals surface area contributed by atoms with Crippen LogP contribution < -0.4 is 14.8 Å². The number of rotatable bonds is 9. The van der Waals surface area contributed by atoms with Gasteiger partial charge in [-0.05, 0) is 49.2 Å². The summed E-state index contributed by atoms with van der Waals surface area (Å²) in [6.07, 6.45) is 0. The van der Waals surface area contributed by atoms with E-state index < -0.39 is 0 Å². The molecule has 0 aliphatic rings. The Morgan fingerprint density at radius 3 is 2.00 bits per heavy atom. The molecule has 0 saturated heterocycles. The average Bonchev–Trinajstić information content (AvgIpc) is 3.15. The monoisotopic (exact) mass is 426 g/mol. The maximum atomic E-state index is 12.8. The fourth-order valence-corrected chi connectivity index (χ4v) is 3.98. The Balaban J connectivity index is 1.77. The predicted octanol–water partition coefficient (Wildman–Crippen LogP) is 3.62. The molecular weight excluding hydrogens is 400 g/mol. The van der Waals surface area contributed by atoms with Gasteiger partial charge in [0.2, 0.25) is 5.91 Å². The number of nitrogens with one attached hydrogen (secondary N) is 1.